The van der Waals surface area contributed by atoms with E-state index in [0.29, 0.717) is 19.3 Å². The topological polar surface area (TPSA) is 78.9 Å². The molecule has 78 heavy (non-hydrogen) atoms. The van der Waals surface area contributed by atoms with Crippen LogP contribution in [0, 0.1) is 0 Å². The van der Waals surface area contributed by atoms with Crippen LogP contribution in [0.15, 0.2) is 48.6 Å². The summed E-state index contributed by atoms with van der Waals surface area (Å²) < 4.78 is 16.9. The van der Waals surface area contributed by atoms with Gasteiger partial charge >= 0.3 is 17.9 Å². The standard InChI is InChI=1S/C72H132O6/c1-4-7-10-13-16-19-22-24-26-28-30-31-32-33-34-35-36-37-38-39-40-41-42-44-45-47-50-53-56-59-62-65-71(74)77-68-69(67-76-70(73)64-61-58-55-52-49-21-18-15-12-9-6-3)78-72(75)66-63-60-57-54-51-48-46-43-29-27-25-23-20-17-14-11-8-5-2/h15,18,20,23,27-30,69H,4-14,16-17,19,21-22,24-26,31-68H2,1-3H3/b18-15-,23-20-,29-27-,30-28-. The Bertz CT molecular complexity index is 1350. The van der Waals surface area contributed by atoms with E-state index in [-0.39, 0.29) is 31.1 Å². The molecule has 0 aromatic carbocycles. The van der Waals surface area contributed by atoms with E-state index in [1.807, 2.05) is 0 Å². The van der Waals surface area contributed by atoms with Gasteiger partial charge in [-0.1, -0.05) is 307 Å². The summed E-state index contributed by atoms with van der Waals surface area (Å²) in [7, 11) is 0. The maximum Gasteiger partial charge on any atom is 0.306 e. The molecule has 0 bridgehead atoms. The average molecular weight is 1090 g/mol. The van der Waals surface area contributed by atoms with Gasteiger partial charge in [0, 0.05) is 19.3 Å². The van der Waals surface area contributed by atoms with Crippen molar-refractivity contribution in [1.29, 1.82) is 0 Å². The Hall–Kier alpha value is -2.63. The van der Waals surface area contributed by atoms with Crippen molar-refractivity contribution < 1.29 is 28.6 Å². The van der Waals surface area contributed by atoms with E-state index in [2.05, 4.69) is 69.4 Å². The Morgan fingerprint density at radius 2 is 0.474 bits per heavy atom. The van der Waals surface area contributed by atoms with Crippen LogP contribution in [0.25, 0.3) is 0 Å². The van der Waals surface area contributed by atoms with Gasteiger partial charge in [0.2, 0.25) is 0 Å². The van der Waals surface area contributed by atoms with E-state index < -0.39 is 6.10 Å². The molecule has 0 saturated heterocycles. The van der Waals surface area contributed by atoms with Gasteiger partial charge in [0.05, 0.1) is 0 Å². The summed E-state index contributed by atoms with van der Waals surface area (Å²) in [6.07, 6.45) is 84.4. The van der Waals surface area contributed by atoms with Crippen LogP contribution in [-0.4, -0.2) is 37.2 Å². The molecule has 0 heterocycles. The van der Waals surface area contributed by atoms with Crippen molar-refractivity contribution in [3.63, 3.8) is 0 Å². The molecule has 0 fully saturated rings. The van der Waals surface area contributed by atoms with Crippen molar-refractivity contribution >= 4 is 17.9 Å². The smallest absolute Gasteiger partial charge is 0.306 e. The molecule has 0 N–H and O–H groups in total. The minimum Gasteiger partial charge on any atom is -0.462 e. The van der Waals surface area contributed by atoms with Crippen LogP contribution < -0.4 is 0 Å². The highest BCUT2D eigenvalue weighted by atomic mass is 16.6. The molecule has 0 radical (unpaired) electrons. The summed E-state index contributed by atoms with van der Waals surface area (Å²) in [4.78, 5) is 38.3. The zero-order chi connectivity index (χ0) is 56.4. The van der Waals surface area contributed by atoms with Gasteiger partial charge in [-0.25, -0.2) is 0 Å². The minimum absolute atomic E-state index is 0.0756. The molecular formula is C72H132O6. The lowest BCUT2D eigenvalue weighted by Gasteiger charge is -2.18. The summed E-state index contributed by atoms with van der Waals surface area (Å²) in [6, 6.07) is 0. The highest BCUT2D eigenvalue weighted by Crippen LogP contribution is 2.18. The van der Waals surface area contributed by atoms with E-state index in [0.717, 1.165) is 77.0 Å². The molecule has 456 valence electrons. The maximum absolute atomic E-state index is 12.9. The van der Waals surface area contributed by atoms with Gasteiger partial charge in [-0.2, -0.15) is 0 Å². The van der Waals surface area contributed by atoms with E-state index in [1.165, 1.54) is 257 Å². The van der Waals surface area contributed by atoms with Crippen LogP contribution in [0.5, 0.6) is 0 Å². The molecule has 6 nitrogen and oxygen atoms in total. The van der Waals surface area contributed by atoms with Crippen LogP contribution in [0.1, 0.15) is 374 Å². The molecule has 1 atom stereocenters. The van der Waals surface area contributed by atoms with E-state index in [9.17, 15) is 14.4 Å². The lowest BCUT2D eigenvalue weighted by Crippen LogP contribution is -2.30. The van der Waals surface area contributed by atoms with Crippen molar-refractivity contribution in [1.82, 2.24) is 0 Å². The fourth-order valence-electron chi connectivity index (χ4n) is 10.3. The second-order valence-electron chi connectivity index (χ2n) is 23.4. The van der Waals surface area contributed by atoms with Crippen LogP contribution in [0.3, 0.4) is 0 Å². The van der Waals surface area contributed by atoms with Crippen LogP contribution in [0.2, 0.25) is 0 Å². The monoisotopic (exact) mass is 1090 g/mol. The van der Waals surface area contributed by atoms with Crippen molar-refractivity contribution in [3.8, 4) is 0 Å². The summed E-state index contributed by atoms with van der Waals surface area (Å²) >= 11 is 0. The Balaban J connectivity index is 4.12. The van der Waals surface area contributed by atoms with Crippen molar-refractivity contribution in [2.45, 2.75) is 380 Å². The second-order valence-corrected chi connectivity index (χ2v) is 23.4. The van der Waals surface area contributed by atoms with Crippen molar-refractivity contribution in [3.05, 3.63) is 48.6 Å². The SMILES string of the molecule is CCCC/C=C\CCCCCCCC(=O)OCC(COC(=O)CCCCCCCCCCCCCCCCCCCCC/C=C\CCCCCCCCCC)OC(=O)CCCCCCCCC/C=C\C/C=C\CCCCCC. The summed E-state index contributed by atoms with van der Waals surface area (Å²) in [5.41, 5.74) is 0. The first-order chi connectivity index (χ1) is 38.5. The van der Waals surface area contributed by atoms with Gasteiger partial charge in [-0.3, -0.25) is 14.4 Å². The minimum atomic E-state index is -0.779. The average Bonchev–Trinajstić information content (AvgIpc) is 3.44. The van der Waals surface area contributed by atoms with E-state index in [4.69, 9.17) is 14.2 Å². The van der Waals surface area contributed by atoms with Crippen molar-refractivity contribution in [2.24, 2.45) is 0 Å². The fourth-order valence-corrected chi connectivity index (χ4v) is 10.3. The lowest BCUT2D eigenvalue weighted by atomic mass is 10.0. The normalized spacial score (nSPS) is 12.3. The van der Waals surface area contributed by atoms with Gasteiger partial charge in [0.1, 0.15) is 13.2 Å². The molecule has 0 saturated carbocycles. The third-order valence-electron chi connectivity index (χ3n) is 15.5. The fraction of sp³-hybridized carbons (Fsp3) is 0.847. The Morgan fingerprint density at radius 3 is 0.769 bits per heavy atom. The maximum atomic E-state index is 12.9. The lowest BCUT2D eigenvalue weighted by molar-refractivity contribution is -0.167. The third-order valence-corrected chi connectivity index (χ3v) is 15.5. The molecule has 0 aliphatic heterocycles. The van der Waals surface area contributed by atoms with E-state index in [1.54, 1.807) is 0 Å². The number of ether oxygens (including phenoxy) is 3. The molecule has 0 spiro atoms. The Labute approximate surface area is 486 Å². The first-order valence-electron chi connectivity index (χ1n) is 34.6. The molecule has 0 rings (SSSR count). The van der Waals surface area contributed by atoms with Gasteiger partial charge in [-0.05, 0) is 96.3 Å². The quantitative estimate of drug-likeness (QED) is 0.0261. The Morgan fingerprint density at radius 1 is 0.256 bits per heavy atom. The number of carbonyl (C=O) groups excluding carboxylic acids is 3. The Kier molecular flexibility index (Phi) is 64.6. The predicted molar refractivity (Wildman–Crippen MR) is 339 cm³/mol. The molecule has 0 aromatic heterocycles. The molecule has 1 unspecified atom stereocenters. The summed E-state index contributed by atoms with van der Waals surface area (Å²) in [5, 5.41) is 0. The number of hydrogen-bond donors (Lipinski definition) is 0. The number of carbonyl (C=O) groups is 3. The summed E-state index contributed by atoms with van der Waals surface area (Å²) in [6.45, 7) is 6.62. The first kappa shape index (κ1) is 75.4. The number of hydrogen-bond acceptors (Lipinski definition) is 6. The van der Waals surface area contributed by atoms with Gasteiger partial charge in [0.25, 0.3) is 0 Å². The largest absolute Gasteiger partial charge is 0.462 e. The number of unbranched alkanes of at least 4 members (excludes halogenated alkanes) is 45. The highest BCUT2D eigenvalue weighted by Gasteiger charge is 2.19. The van der Waals surface area contributed by atoms with Crippen LogP contribution in [-0.2, 0) is 28.6 Å². The van der Waals surface area contributed by atoms with Crippen molar-refractivity contribution in [2.75, 3.05) is 13.2 Å². The number of allylic oxidation sites excluding steroid dienone is 8. The van der Waals surface area contributed by atoms with Crippen LogP contribution >= 0.6 is 0 Å². The molecule has 0 aliphatic rings. The predicted octanol–water partition coefficient (Wildman–Crippen LogP) is 23.7. The molecular weight excluding hydrogens is 961 g/mol. The zero-order valence-corrected chi connectivity index (χ0v) is 52.5. The zero-order valence-electron chi connectivity index (χ0n) is 52.5. The second kappa shape index (κ2) is 66.9. The van der Waals surface area contributed by atoms with Gasteiger partial charge in [-0.15, -0.1) is 0 Å². The first-order valence-corrected chi connectivity index (χ1v) is 34.6. The highest BCUT2D eigenvalue weighted by molar-refractivity contribution is 5.71. The van der Waals surface area contributed by atoms with Gasteiger partial charge < -0.3 is 14.2 Å². The molecule has 0 amide bonds. The van der Waals surface area contributed by atoms with Crippen LogP contribution in [0.4, 0.5) is 0 Å². The molecule has 0 aliphatic carbocycles. The summed E-state index contributed by atoms with van der Waals surface area (Å²) in [5.74, 6) is -0.873. The van der Waals surface area contributed by atoms with E-state index >= 15 is 0 Å². The molecule has 6 heteroatoms. The van der Waals surface area contributed by atoms with Gasteiger partial charge in [0.15, 0.2) is 6.10 Å². The number of rotatable bonds is 64. The third kappa shape index (κ3) is 64.2. The molecule has 0 aromatic rings. The number of esters is 3.